The molecule has 0 aliphatic heterocycles. The van der Waals surface area contributed by atoms with Gasteiger partial charge in [-0.15, -0.1) is 0 Å². The fourth-order valence-electron chi connectivity index (χ4n) is 3.55. The van der Waals surface area contributed by atoms with E-state index in [1.807, 2.05) is 42.5 Å². The molecule has 0 fully saturated rings. The minimum Gasteiger partial charge on any atom is -0.465 e. The largest absolute Gasteiger partial charge is 0.465 e. The summed E-state index contributed by atoms with van der Waals surface area (Å²) in [5.41, 5.74) is 4.25. The molecule has 134 valence electrons. The Bertz CT molecular complexity index is 803. The van der Waals surface area contributed by atoms with Crippen molar-refractivity contribution in [2.24, 2.45) is 5.92 Å². The van der Waals surface area contributed by atoms with E-state index in [0.717, 1.165) is 23.1 Å². The molecule has 3 heteroatoms. The van der Waals surface area contributed by atoms with Gasteiger partial charge in [-0.2, -0.15) is 0 Å². The van der Waals surface area contributed by atoms with Crippen LogP contribution in [-0.2, 0) is 20.7 Å². The highest BCUT2D eigenvalue weighted by molar-refractivity contribution is 6.10. The fourth-order valence-corrected chi connectivity index (χ4v) is 3.55. The first-order valence-corrected chi connectivity index (χ1v) is 9.19. The van der Waals surface area contributed by atoms with Crippen molar-refractivity contribution in [2.45, 2.75) is 32.6 Å². The average Bonchev–Trinajstić information content (AvgIpc) is 2.68. The van der Waals surface area contributed by atoms with Crippen molar-refractivity contribution < 1.29 is 14.3 Å². The molecule has 26 heavy (non-hydrogen) atoms. The predicted octanol–water partition coefficient (Wildman–Crippen LogP) is 4.57. The maximum Gasteiger partial charge on any atom is 0.317 e. The van der Waals surface area contributed by atoms with E-state index >= 15 is 0 Å². The molecular weight excluding hydrogens is 324 g/mol. The van der Waals surface area contributed by atoms with Crippen LogP contribution in [0.1, 0.15) is 42.9 Å². The molecule has 2 aromatic rings. The number of carbonyl (C=O) groups is 2. The van der Waals surface area contributed by atoms with Gasteiger partial charge in [-0.1, -0.05) is 61.5 Å². The van der Waals surface area contributed by atoms with Crippen LogP contribution >= 0.6 is 0 Å². The summed E-state index contributed by atoms with van der Waals surface area (Å²) in [7, 11) is 0. The molecule has 0 heterocycles. The maximum atomic E-state index is 12.8. The van der Waals surface area contributed by atoms with E-state index in [4.69, 9.17) is 4.74 Å². The molecule has 0 spiro atoms. The van der Waals surface area contributed by atoms with Gasteiger partial charge in [0.05, 0.1) is 6.61 Å². The number of rotatable bonds is 5. The second-order valence-electron chi connectivity index (χ2n) is 6.57. The van der Waals surface area contributed by atoms with Gasteiger partial charge >= 0.3 is 5.97 Å². The number of allylic oxidation sites excluding steroid dienone is 2. The zero-order chi connectivity index (χ0) is 18.5. The first-order chi connectivity index (χ1) is 12.6. The molecule has 2 unspecified atom stereocenters. The van der Waals surface area contributed by atoms with Gasteiger partial charge in [-0.3, -0.25) is 9.59 Å². The van der Waals surface area contributed by atoms with E-state index in [-0.39, 0.29) is 18.3 Å². The summed E-state index contributed by atoms with van der Waals surface area (Å²) in [6.45, 7) is 4.15. The number of hydrogen-bond acceptors (Lipinski definition) is 3. The van der Waals surface area contributed by atoms with Gasteiger partial charge in [-0.05, 0) is 48.1 Å². The van der Waals surface area contributed by atoms with E-state index in [9.17, 15) is 9.59 Å². The highest BCUT2D eigenvalue weighted by Crippen LogP contribution is 2.40. The van der Waals surface area contributed by atoms with Crippen molar-refractivity contribution in [3.8, 4) is 0 Å². The molecule has 0 amide bonds. The van der Waals surface area contributed by atoms with E-state index in [0.29, 0.717) is 6.42 Å². The normalized spacial score (nSPS) is 19.8. The van der Waals surface area contributed by atoms with Crippen molar-refractivity contribution in [3.63, 3.8) is 0 Å². The van der Waals surface area contributed by atoms with Gasteiger partial charge in [-0.25, -0.2) is 0 Å². The monoisotopic (exact) mass is 348 g/mol. The van der Waals surface area contributed by atoms with Crippen molar-refractivity contribution in [1.29, 1.82) is 0 Å². The van der Waals surface area contributed by atoms with Crippen LogP contribution in [-0.4, -0.2) is 18.4 Å². The summed E-state index contributed by atoms with van der Waals surface area (Å²) in [5, 5.41) is 0. The minimum absolute atomic E-state index is 0.168. The van der Waals surface area contributed by atoms with Gasteiger partial charge in [0.15, 0.2) is 5.78 Å². The van der Waals surface area contributed by atoms with Crippen molar-refractivity contribution >= 4 is 17.3 Å². The average molecular weight is 348 g/mol. The molecule has 2 aromatic carbocycles. The standard InChI is InChI=1S/C23H24O3/c1-3-16-10-12-18(13-11-16)20-14-19(17-8-6-5-7-9-17)15-21(24)22(20)23(25)26-4-2/h5-13,15,20,22H,3-4,14H2,1-2H3. The Morgan fingerprint density at radius 2 is 1.73 bits per heavy atom. The first kappa shape index (κ1) is 18.1. The molecule has 0 saturated carbocycles. The number of esters is 1. The lowest BCUT2D eigenvalue weighted by atomic mass is 9.73. The Balaban J connectivity index is 2.00. The lowest BCUT2D eigenvalue weighted by Gasteiger charge is -2.29. The van der Waals surface area contributed by atoms with E-state index < -0.39 is 11.9 Å². The number of ether oxygens (including phenoxy) is 1. The summed E-state index contributed by atoms with van der Waals surface area (Å²) in [6.07, 6.45) is 3.22. The smallest absolute Gasteiger partial charge is 0.317 e. The maximum absolute atomic E-state index is 12.8. The Morgan fingerprint density at radius 3 is 2.35 bits per heavy atom. The van der Waals surface area contributed by atoms with E-state index in [1.54, 1.807) is 13.0 Å². The van der Waals surface area contributed by atoms with Crippen LogP contribution in [0.3, 0.4) is 0 Å². The Morgan fingerprint density at radius 1 is 1.04 bits per heavy atom. The Kier molecular flexibility index (Phi) is 5.67. The molecule has 1 aliphatic rings. The lowest BCUT2D eigenvalue weighted by molar-refractivity contribution is -0.151. The zero-order valence-electron chi connectivity index (χ0n) is 15.3. The molecule has 2 atom stereocenters. The molecule has 0 radical (unpaired) electrons. The number of hydrogen-bond donors (Lipinski definition) is 0. The molecule has 3 rings (SSSR count). The lowest BCUT2D eigenvalue weighted by Crippen LogP contribution is -2.34. The van der Waals surface area contributed by atoms with E-state index in [2.05, 4.69) is 19.1 Å². The predicted molar refractivity (Wildman–Crippen MR) is 103 cm³/mol. The van der Waals surface area contributed by atoms with Crippen LogP contribution < -0.4 is 0 Å². The summed E-state index contributed by atoms with van der Waals surface area (Å²) in [6, 6.07) is 18.1. The molecule has 0 aromatic heterocycles. The van der Waals surface area contributed by atoms with Crippen LogP contribution in [0.25, 0.3) is 5.57 Å². The second kappa shape index (κ2) is 8.13. The third-order valence-corrected chi connectivity index (χ3v) is 4.97. The van der Waals surface area contributed by atoms with Crippen molar-refractivity contribution in [3.05, 3.63) is 77.4 Å². The number of aryl methyl sites for hydroxylation is 1. The van der Waals surface area contributed by atoms with Gasteiger partial charge < -0.3 is 4.74 Å². The fraction of sp³-hybridized carbons (Fsp3) is 0.304. The summed E-state index contributed by atoms with van der Waals surface area (Å²) in [5.74, 6) is -1.56. The highest BCUT2D eigenvalue weighted by Gasteiger charge is 2.39. The first-order valence-electron chi connectivity index (χ1n) is 9.19. The van der Waals surface area contributed by atoms with Crippen LogP contribution in [0, 0.1) is 5.92 Å². The molecule has 0 N–H and O–H groups in total. The quantitative estimate of drug-likeness (QED) is 0.587. The number of benzene rings is 2. The minimum atomic E-state index is -0.769. The second-order valence-corrected chi connectivity index (χ2v) is 6.57. The Hall–Kier alpha value is -2.68. The van der Waals surface area contributed by atoms with Gasteiger partial charge in [0, 0.05) is 5.92 Å². The summed E-state index contributed by atoms with van der Waals surface area (Å²) >= 11 is 0. The highest BCUT2D eigenvalue weighted by atomic mass is 16.5. The molecule has 0 saturated heterocycles. The third-order valence-electron chi connectivity index (χ3n) is 4.97. The van der Waals surface area contributed by atoms with Crippen molar-refractivity contribution in [2.75, 3.05) is 6.61 Å². The topological polar surface area (TPSA) is 43.4 Å². The number of carbonyl (C=O) groups excluding carboxylic acids is 2. The van der Waals surface area contributed by atoms with Crippen LogP contribution in [0.2, 0.25) is 0 Å². The van der Waals surface area contributed by atoms with E-state index in [1.165, 1.54) is 5.56 Å². The number of ketones is 1. The van der Waals surface area contributed by atoms with Gasteiger partial charge in [0.25, 0.3) is 0 Å². The molecule has 3 nitrogen and oxygen atoms in total. The van der Waals surface area contributed by atoms with Crippen LogP contribution in [0.4, 0.5) is 0 Å². The SMILES string of the molecule is CCOC(=O)C1C(=O)C=C(c2ccccc2)CC1c1ccc(CC)cc1. The van der Waals surface area contributed by atoms with Crippen molar-refractivity contribution in [1.82, 2.24) is 0 Å². The molecule has 1 aliphatic carbocycles. The summed E-state index contributed by atoms with van der Waals surface area (Å²) in [4.78, 5) is 25.3. The third kappa shape index (κ3) is 3.77. The van der Waals surface area contributed by atoms with Gasteiger partial charge in [0.2, 0.25) is 0 Å². The van der Waals surface area contributed by atoms with Gasteiger partial charge in [0.1, 0.15) is 5.92 Å². The summed E-state index contributed by atoms with van der Waals surface area (Å²) < 4.78 is 5.20. The Labute approximate surface area is 154 Å². The zero-order valence-corrected chi connectivity index (χ0v) is 15.3. The van der Waals surface area contributed by atoms with Crippen LogP contribution in [0.5, 0.6) is 0 Å². The molecule has 0 bridgehead atoms. The van der Waals surface area contributed by atoms with Crippen LogP contribution in [0.15, 0.2) is 60.7 Å². The molecular formula is C23H24O3.